The fraction of sp³-hybridized carbons (Fsp3) is 0.0625. The normalized spacial score (nSPS) is 10.4. The number of anilines is 1. The molecule has 3 aromatic rings. The number of carbonyl (C=O) groups is 1. The van der Waals surface area contributed by atoms with Crippen LogP contribution in [0.3, 0.4) is 0 Å². The SMILES string of the molecule is O=C(COc1cc(Cl)ccc1Cl)Nc1ccc(-n2cncn2)cc1. The van der Waals surface area contributed by atoms with Crippen LogP contribution in [-0.4, -0.2) is 27.3 Å². The van der Waals surface area contributed by atoms with Gasteiger partial charge in [0.1, 0.15) is 18.4 Å². The number of carbonyl (C=O) groups excluding carboxylic acids is 1. The third kappa shape index (κ3) is 4.04. The monoisotopic (exact) mass is 362 g/mol. The zero-order chi connectivity index (χ0) is 16.9. The first kappa shape index (κ1) is 16.3. The Morgan fingerprint density at radius 1 is 1.17 bits per heavy atom. The van der Waals surface area contributed by atoms with Crippen LogP contribution in [0.4, 0.5) is 5.69 Å². The van der Waals surface area contributed by atoms with Crippen LogP contribution in [0.15, 0.2) is 55.1 Å². The van der Waals surface area contributed by atoms with Gasteiger partial charge in [-0.1, -0.05) is 23.2 Å². The number of benzene rings is 2. The fourth-order valence-electron chi connectivity index (χ4n) is 1.97. The molecule has 1 N–H and O–H groups in total. The van der Waals surface area contributed by atoms with Gasteiger partial charge >= 0.3 is 0 Å². The number of halogens is 2. The maximum absolute atomic E-state index is 12.0. The Morgan fingerprint density at radius 3 is 2.67 bits per heavy atom. The highest BCUT2D eigenvalue weighted by Gasteiger charge is 2.07. The summed E-state index contributed by atoms with van der Waals surface area (Å²) in [4.78, 5) is 15.8. The van der Waals surface area contributed by atoms with Gasteiger partial charge in [-0.2, -0.15) is 5.10 Å². The first-order valence-corrected chi connectivity index (χ1v) is 7.70. The summed E-state index contributed by atoms with van der Waals surface area (Å²) in [5.41, 5.74) is 1.48. The van der Waals surface area contributed by atoms with E-state index < -0.39 is 0 Å². The van der Waals surface area contributed by atoms with Gasteiger partial charge in [0, 0.05) is 16.8 Å². The van der Waals surface area contributed by atoms with Gasteiger partial charge in [-0.3, -0.25) is 4.79 Å². The summed E-state index contributed by atoms with van der Waals surface area (Å²) in [5.74, 6) is 0.0559. The molecule has 2 aromatic carbocycles. The van der Waals surface area contributed by atoms with E-state index in [1.54, 1.807) is 41.3 Å². The maximum Gasteiger partial charge on any atom is 0.262 e. The molecule has 24 heavy (non-hydrogen) atoms. The number of amides is 1. The third-order valence-electron chi connectivity index (χ3n) is 3.09. The zero-order valence-corrected chi connectivity index (χ0v) is 13.8. The Labute approximate surface area is 148 Å². The number of hydrogen-bond donors (Lipinski definition) is 1. The van der Waals surface area contributed by atoms with Gasteiger partial charge < -0.3 is 10.1 Å². The predicted octanol–water partition coefficient (Wildman–Crippen LogP) is 3.59. The lowest BCUT2D eigenvalue weighted by Gasteiger charge is -2.09. The minimum Gasteiger partial charge on any atom is -0.482 e. The van der Waals surface area contributed by atoms with Crippen molar-refractivity contribution in [1.29, 1.82) is 0 Å². The van der Waals surface area contributed by atoms with Crippen LogP contribution in [0, 0.1) is 0 Å². The summed E-state index contributed by atoms with van der Waals surface area (Å²) in [6.07, 6.45) is 3.05. The summed E-state index contributed by atoms with van der Waals surface area (Å²) in [6, 6.07) is 12.0. The average molecular weight is 363 g/mol. The van der Waals surface area contributed by atoms with E-state index in [4.69, 9.17) is 27.9 Å². The smallest absolute Gasteiger partial charge is 0.262 e. The Morgan fingerprint density at radius 2 is 1.96 bits per heavy atom. The summed E-state index contributed by atoms with van der Waals surface area (Å²) in [5, 5.41) is 7.64. The van der Waals surface area contributed by atoms with Crippen LogP contribution < -0.4 is 10.1 Å². The van der Waals surface area contributed by atoms with Crippen molar-refractivity contribution in [1.82, 2.24) is 14.8 Å². The van der Waals surface area contributed by atoms with Crippen LogP contribution in [0.1, 0.15) is 0 Å². The summed E-state index contributed by atoms with van der Waals surface area (Å²) in [6.45, 7) is -0.176. The average Bonchev–Trinajstić information content (AvgIpc) is 3.11. The molecule has 122 valence electrons. The lowest BCUT2D eigenvalue weighted by molar-refractivity contribution is -0.118. The molecule has 6 nitrogen and oxygen atoms in total. The topological polar surface area (TPSA) is 69.0 Å². The molecule has 0 fully saturated rings. The Balaban J connectivity index is 1.58. The molecule has 0 saturated heterocycles. The van der Waals surface area contributed by atoms with Crippen molar-refractivity contribution >= 4 is 34.8 Å². The lowest BCUT2D eigenvalue weighted by Crippen LogP contribution is -2.20. The standard InChI is InChI=1S/C16H12Cl2N4O2/c17-11-1-6-14(18)15(7-11)24-8-16(23)21-12-2-4-13(5-3-12)22-10-19-9-20-22/h1-7,9-10H,8H2,(H,21,23). The van der Waals surface area contributed by atoms with Crippen LogP contribution in [0.25, 0.3) is 5.69 Å². The van der Waals surface area contributed by atoms with E-state index >= 15 is 0 Å². The fourth-order valence-corrected chi connectivity index (χ4v) is 2.30. The van der Waals surface area contributed by atoms with Crippen LogP contribution in [0.2, 0.25) is 10.0 Å². The first-order chi connectivity index (χ1) is 11.6. The van der Waals surface area contributed by atoms with Gasteiger partial charge in [0.15, 0.2) is 6.61 Å². The van der Waals surface area contributed by atoms with Crippen molar-refractivity contribution in [2.75, 3.05) is 11.9 Å². The highest BCUT2D eigenvalue weighted by molar-refractivity contribution is 6.34. The van der Waals surface area contributed by atoms with Gasteiger partial charge in [0.25, 0.3) is 5.91 Å². The number of nitrogens with zero attached hydrogens (tertiary/aromatic N) is 3. The summed E-state index contributed by atoms with van der Waals surface area (Å²) >= 11 is 11.8. The van der Waals surface area contributed by atoms with E-state index in [0.29, 0.717) is 21.5 Å². The second kappa shape index (κ2) is 7.33. The van der Waals surface area contributed by atoms with Crippen molar-refractivity contribution in [2.24, 2.45) is 0 Å². The summed E-state index contributed by atoms with van der Waals surface area (Å²) < 4.78 is 7.00. The molecular weight excluding hydrogens is 351 g/mol. The molecule has 0 aliphatic heterocycles. The third-order valence-corrected chi connectivity index (χ3v) is 3.63. The highest BCUT2D eigenvalue weighted by atomic mass is 35.5. The molecule has 1 amide bonds. The van der Waals surface area contributed by atoms with Crippen molar-refractivity contribution in [3.63, 3.8) is 0 Å². The number of aromatic nitrogens is 3. The molecule has 1 heterocycles. The van der Waals surface area contributed by atoms with Crippen LogP contribution >= 0.6 is 23.2 Å². The molecule has 0 atom stereocenters. The van der Waals surface area contributed by atoms with Gasteiger partial charge in [0.05, 0.1) is 10.7 Å². The number of hydrogen-bond acceptors (Lipinski definition) is 4. The lowest BCUT2D eigenvalue weighted by atomic mass is 10.3. The minimum atomic E-state index is -0.306. The van der Waals surface area contributed by atoms with E-state index in [1.165, 1.54) is 6.33 Å². The predicted molar refractivity (Wildman–Crippen MR) is 91.9 cm³/mol. The second-order valence-electron chi connectivity index (χ2n) is 4.80. The van der Waals surface area contributed by atoms with Crippen molar-refractivity contribution in [3.8, 4) is 11.4 Å². The van der Waals surface area contributed by atoms with Crippen LogP contribution in [0.5, 0.6) is 5.75 Å². The van der Waals surface area contributed by atoms with Gasteiger partial charge in [-0.15, -0.1) is 0 Å². The van der Waals surface area contributed by atoms with E-state index in [-0.39, 0.29) is 12.5 Å². The van der Waals surface area contributed by atoms with E-state index in [0.717, 1.165) is 5.69 Å². The number of nitrogens with one attached hydrogen (secondary N) is 1. The molecule has 0 aliphatic carbocycles. The molecule has 0 unspecified atom stereocenters. The molecule has 1 aromatic heterocycles. The molecular formula is C16H12Cl2N4O2. The van der Waals surface area contributed by atoms with Gasteiger partial charge in [-0.05, 0) is 36.4 Å². The van der Waals surface area contributed by atoms with Gasteiger partial charge in [-0.25, -0.2) is 9.67 Å². The highest BCUT2D eigenvalue weighted by Crippen LogP contribution is 2.27. The van der Waals surface area contributed by atoms with Crippen molar-refractivity contribution < 1.29 is 9.53 Å². The Hall–Kier alpha value is -2.57. The Kier molecular flexibility index (Phi) is 4.98. The second-order valence-corrected chi connectivity index (χ2v) is 5.64. The molecule has 0 spiro atoms. The van der Waals surface area contributed by atoms with Crippen LogP contribution in [-0.2, 0) is 4.79 Å². The quantitative estimate of drug-likeness (QED) is 0.752. The molecule has 8 heteroatoms. The van der Waals surface area contributed by atoms with Crippen molar-refractivity contribution in [2.45, 2.75) is 0 Å². The molecule has 3 rings (SSSR count). The zero-order valence-electron chi connectivity index (χ0n) is 12.3. The number of rotatable bonds is 5. The molecule has 0 radical (unpaired) electrons. The summed E-state index contributed by atoms with van der Waals surface area (Å²) in [7, 11) is 0. The largest absolute Gasteiger partial charge is 0.482 e. The Bertz CT molecular complexity index is 836. The minimum absolute atomic E-state index is 0.176. The molecule has 0 saturated carbocycles. The van der Waals surface area contributed by atoms with E-state index in [1.807, 2.05) is 12.1 Å². The number of ether oxygens (including phenoxy) is 1. The van der Waals surface area contributed by atoms with Crippen molar-refractivity contribution in [3.05, 3.63) is 65.2 Å². The maximum atomic E-state index is 12.0. The molecule has 0 bridgehead atoms. The first-order valence-electron chi connectivity index (χ1n) is 6.94. The van der Waals surface area contributed by atoms with E-state index in [9.17, 15) is 4.79 Å². The van der Waals surface area contributed by atoms with Gasteiger partial charge in [0.2, 0.25) is 0 Å². The van der Waals surface area contributed by atoms with E-state index in [2.05, 4.69) is 15.4 Å². The molecule has 0 aliphatic rings.